The number of aromatic nitrogens is 2. The second-order valence-electron chi connectivity index (χ2n) is 6.93. The van der Waals surface area contributed by atoms with E-state index in [2.05, 4.69) is 15.3 Å². The number of rotatable bonds is 7. The fourth-order valence-electron chi connectivity index (χ4n) is 2.93. The molecule has 0 aliphatic heterocycles. The highest BCUT2D eigenvalue weighted by molar-refractivity contribution is 7.99. The van der Waals surface area contributed by atoms with Gasteiger partial charge in [-0.3, -0.25) is 4.79 Å². The fourth-order valence-corrected chi connectivity index (χ4v) is 4.62. The van der Waals surface area contributed by atoms with Crippen LogP contribution in [0.15, 0.2) is 100 Å². The van der Waals surface area contributed by atoms with Gasteiger partial charge in [-0.25, -0.2) is 14.4 Å². The molecule has 1 heterocycles. The highest BCUT2D eigenvalue weighted by Crippen LogP contribution is 2.31. The van der Waals surface area contributed by atoms with Crippen molar-refractivity contribution >= 4 is 35.1 Å². The van der Waals surface area contributed by atoms with Crippen LogP contribution in [0.25, 0.3) is 0 Å². The molecule has 4 aromatic rings. The Hall–Kier alpha value is -3.16. The van der Waals surface area contributed by atoms with Gasteiger partial charge in [0.2, 0.25) is 0 Å². The van der Waals surface area contributed by atoms with Gasteiger partial charge in [-0.05, 0) is 42.3 Å². The van der Waals surface area contributed by atoms with Crippen LogP contribution in [-0.2, 0) is 5.75 Å². The van der Waals surface area contributed by atoms with E-state index >= 15 is 0 Å². The molecule has 1 aromatic heterocycles. The molecule has 7 heteroatoms. The topological polar surface area (TPSA) is 54.9 Å². The number of hydrogen-bond donors (Lipinski definition) is 1. The second-order valence-corrected chi connectivity index (χ2v) is 8.99. The van der Waals surface area contributed by atoms with E-state index in [-0.39, 0.29) is 17.4 Å². The van der Waals surface area contributed by atoms with Crippen LogP contribution in [0, 0.1) is 12.7 Å². The summed E-state index contributed by atoms with van der Waals surface area (Å²) in [5.41, 5.74) is 2.54. The van der Waals surface area contributed by atoms with Gasteiger partial charge in [0.25, 0.3) is 5.91 Å². The maximum atomic E-state index is 14.0. The van der Waals surface area contributed by atoms with Crippen molar-refractivity contribution in [2.75, 3.05) is 5.32 Å². The summed E-state index contributed by atoms with van der Waals surface area (Å²) >= 11 is 2.72. The van der Waals surface area contributed by atoms with E-state index in [0.29, 0.717) is 21.4 Å². The lowest BCUT2D eigenvalue weighted by molar-refractivity contribution is 0.101. The van der Waals surface area contributed by atoms with Gasteiger partial charge in [0, 0.05) is 22.5 Å². The Balaban J connectivity index is 1.61. The Morgan fingerprint density at radius 3 is 2.47 bits per heavy atom. The summed E-state index contributed by atoms with van der Waals surface area (Å²) in [6.45, 7) is 1.94. The molecule has 32 heavy (non-hydrogen) atoms. The Morgan fingerprint density at radius 2 is 1.69 bits per heavy atom. The van der Waals surface area contributed by atoms with Gasteiger partial charge in [0.1, 0.15) is 11.5 Å². The summed E-state index contributed by atoms with van der Waals surface area (Å²) in [6.07, 6.45) is 1.65. The number of para-hydroxylation sites is 1. The Kier molecular flexibility index (Phi) is 7.19. The molecule has 0 radical (unpaired) electrons. The van der Waals surface area contributed by atoms with E-state index in [1.165, 1.54) is 29.6 Å². The fraction of sp³-hybridized carbons (Fsp3) is 0.0800. The van der Waals surface area contributed by atoms with Crippen LogP contribution in [0.3, 0.4) is 0 Å². The van der Waals surface area contributed by atoms with Crippen LogP contribution in [0.4, 0.5) is 10.1 Å². The number of halogens is 1. The third-order valence-corrected chi connectivity index (χ3v) is 6.56. The molecule has 0 bridgehead atoms. The summed E-state index contributed by atoms with van der Waals surface area (Å²) in [6, 6.07) is 23.9. The molecule has 0 fully saturated rings. The van der Waals surface area contributed by atoms with Crippen LogP contribution in [0.1, 0.15) is 21.6 Å². The average molecular weight is 462 g/mol. The van der Waals surface area contributed by atoms with Crippen molar-refractivity contribution in [3.63, 3.8) is 0 Å². The van der Waals surface area contributed by atoms with E-state index in [1.807, 2.05) is 61.5 Å². The van der Waals surface area contributed by atoms with Gasteiger partial charge in [0.15, 0.2) is 5.16 Å². The standard InChI is InChI=1S/C25H20FN3OS2/c1-17-9-5-8-14-21(17)28-24(30)23-22(32-19-11-3-2-4-12-19)15-27-25(29-23)31-16-18-10-6-7-13-20(18)26/h2-15H,16H2,1H3,(H,28,30). The number of nitrogens with zero attached hydrogens (tertiary/aromatic N) is 2. The molecule has 0 aliphatic rings. The van der Waals surface area contributed by atoms with Crippen LogP contribution >= 0.6 is 23.5 Å². The first-order chi connectivity index (χ1) is 15.6. The molecule has 4 rings (SSSR count). The first-order valence-corrected chi connectivity index (χ1v) is 11.7. The summed E-state index contributed by atoms with van der Waals surface area (Å²) in [7, 11) is 0. The number of nitrogens with one attached hydrogen (secondary N) is 1. The molecule has 0 spiro atoms. The SMILES string of the molecule is Cc1ccccc1NC(=O)c1nc(SCc2ccccc2F)ncc1Sc1ccccc1. The first-order valence-electron chi connectivity index (χ1n) is 9.93. The van der Waals surface area contributed by atoms with E-state index in [1.54, 1.807) is 24.4 Å². The molecule has 0 atom stereocenters. The molecular weight excluding hydrogens is 441 g/mol. The van der Waals surface area contributed by atoms with Crippen molar-refractivity contribution in [1.29, 1.82) is 0 Å². The quantitative estimate of drug-likeness (QED) is 0.248. The number of amides is 1. The molecule has 160 valence electrons. The maximum absolute atomic E-state index is 14.0. The summed E-state index contributed by atoms with van der Waals surface area (Å²) < 4.78 is 14.0. The average Bonchev–Trinajstić information content (AvgIpc) is 2.81. The largest absolute Gasteiger partial charge is 0.320 e. The minimum absolute atomic E-state index is 0.270. The lowest BCUT2D eigenvalue weighted by Crippen LogP contribution is -2.16. The highest BCUT2D eigenvalue weighted by atomic mass is 32.2. The Morgan fingerprint density at radius 1 is 0.969 bits per heavy atom. The minimum atomic E-state index is -0.312. The smallest absolute Gasteiger partial charge is 0.275 e. The van der Waals surface area contributed by atoms with Gasteiger partial charge in [-0.15, -0.1) is 0 Å². The number of thioether (sulfide) groups is 1. The van der Waals surface area contributed by atoms with Gasteiger partial charge >= 0.3 is 0 Å². The van der Waals surface area contributed by atoms with Crippen molar-refractivity contribution in [1.82, 2.24) is 9.97 Å². The van der Waals surface area contributed by atoms with Crippen molar-refractivity contribution in [2.45, 2.75) is 27.6 Å². The zero-order chi connectivity index (χ0) is 22.3. The lowest BCUT2D eigenvalue weighted by atomic mass is 10.2. The normalized spacial score (nSPS) is 10.7. The number of carbonyl (C=O) groups excluding carboxylic acids is 1. The van der Waals surface area contributed by atoms with Crippen LogP contribution in [0.5, 0.6) is 0 Å². The van der Waals surface area contributed by atoms with Crippen molar-refractivity contribution < 1.29 is 9.18 Å². The number of hydrogen-bond acceptors (Lipinski definition) is 5. The molecule has 0 saturated carbocycles. The van der Waals surface area contributed by atoms with Gasteiger partial charge < -0.3 is 5.32 Å². The van der Waals surface area contributed by atoms with Gasteiger partial charge in [0.05, 0.1) is 4.90 Å². The molecule has 0 saturated heterocycles. The molecular formula is C25H20FN3OS2. The summed E-state index contributed by atoms with van der Waals surface area (Å²) in [4.78, 5) is 23.8. The van der Waals surface area contributed by atoms with E-state index in [0.717, 1.165) is 16.1 Å². The number of benzene rings is 3. The zero-order valence-corrected chi connectivity index (χ0v) is 18.9. The van der Waals surface area contributed by atoms with E-state index in [9.17, 15) is 9.18 Å². The number of anilines is 1. The highest BCUT2D eigenvalue weighted by Gasteiger charge is 2.18. The predicted molar refractivity (Wildman–Crippen MR) is 128 cm³/mol. The van der Waals surface area contributed by atoms with Crippen molar-refractivity contribution in [3.05, 3.63) is 108 Å². The van der Waals surface area contributed by atoms with Crippen LogP contribution in [-0.4, -0.2) is 15.9 Å². The van der Waals surface area contributed by atoms with Crippen molar-refractivity contribution in [2.24, 2.45) is 0 Å². The van der Waals surface area contributed by atoms with E-state index in [4.69, 9.17) is 0 Å². The molecule has 1 N–H and O–H groups in total. The summed E-state index contributed by atoms with van der Waals surface area (Å²) in [5.74, 6) is -0.210. The van der Waals surface area contributed by atoms with Crippen LogP contribution in [0.2, 0.25) is 0 Å². The third-order valence-electron chi connectivity index (χ3n) is 4.63. The minimum Gasteiger partial charge on any atom is -0.320 e. The molecule has 1 amide bonds. The molecule has 4 nitrogen and oxygen atoms in total. The Labute approximate surface area is 194 Å². The van der Waals surface area contributed by atoms with Gasteiger partial charge in [-0.2, -0.15) is 0 Å². The number of aryl methyl sites for hydroxylation is 1. The zero-order valence-electron chi connectivity index (χ0n) is 17.3. The molecule has 3 aromatic carbocycles. The monoisotopic (exact) mass is 461 g/mol. The molecule has 0 aliphatic carbocycles. The second kappa shape index (κ2) is 10.4. The van der Waals surface area contributed by atoms with E-state index < -0.39 is 0 Å². The lowest BCUT2D eigenvalue weighted by Gasteiger charge is -2.12. The summed E-state index contributed by atoms with van der Waals surface area (Å²) in [5, 5.41) is 3.37. The van der Waals surface area contributed by atoms with Crippen LogP contribution < -0.4 is 5.32 Å². The Bertz CT molecular complexity index is 1230. The van der Waals surface area contributed by atoms with Gasteiger partial charge in [-0.1, -0.05) is 78.1 Å². The molecule has 0 unspecified atom stereocenters. The predicted octanol–water partition coefficient (Wildman–Crippen LogP) is 6.62. The third kappa shape index (κ3) is 5.55. The number of carbonyl (C=O) groups is 1. The van der Waals surface area contributed by atoms with Crippen molar-refractivity contribution in [3.8, 4) is 0 Å². The maximum Gasteiger partial charge on any atom is 0.275 e. The first kappa shape index (κ1) is 22.0.